The fourth-order valence-electron chi connectivity index (χ4n) is 2.28. The second-order valence-corrected chi connectivity index (χ2v) is 5.83. The number of hydrogen-bond donors (Lipinski definition) is 1. The van der Waals surface area contributed by atoms with E-state index in [0.29, 0.717) is 5.56 Å². The molecule has 0 aromatic heterocycles. The number of benzene rings is 2. The molecule has 21 heavy (non-hydrogen) atoms. The van der Waals surface area contributed by atoms with Crippen LogP contribution in [-0.2, 0) is 0 Å². The van der Waals surface area contributed by atoms with E-state index in [2.05, 4.69) is 28.2 Å². The molecule has 2 aromatic rings. The number of nitrogens with one attached hydrogen (secondary N) is 1. The Balaban J connectivity index is 2.47. The Labute approximate surface area is 132 Å². The average Bonchev–Trinajstić information content (AvgIpc) is 2.47. The summed E-state index contributed by atoms with van der Waals surface area (Å²) in [6.45, 7) is 4.88. The smallest absolute Gasteiger partial charge is 0.159 e. The van der Waals surface area contributed by atoms with Gasteiger partial charge in [-0.25, -0.2) is 8.78 Å². The summed E-state index contributed by atoms with van der Waals surface area (Å²) >= 11 is 3.60. The van der Waals surface area contributed by atoms with Crippen LogP contribution in [0.25, 0.3) is 0 Å². The molecular weight excluding hydrogens is 336 g/mol. The van der Waals surface area contributed by atoms with Crippen LogP contribution in [0.5, 0.6) is 0 Å². The molecule has 0 bridgehead atoms. The number of halogens is 3. The molecular formula is C17H18BrF2N. The van der Waals surface area contributed by atoms with Crippen molar-refractivity contribution >= 4 is 15.9 Å². The summed E-state index contributed by atoms with van der Waals surface area (Å²) in [6.07, 6.45) is 0.962. The van der Waals surface area contributed by atoms with Crippen molar-refractivity contribution in [1.82, 2.24) is 5.32 Å². The minimum absolute atomic E-state index is 0.172. The van der Waals surface area contributed by atoms with Crippen LogP contribution in [0.3, 0.4) is 0 Å². The van der Waals surface area contributed by atoms with E-state index < -0.39 is 11.6 Å². The molecule has 0 fully saturated rings. The summed E-state index contributed by atoms with van der Waals surface area (Å²) in [7, 11) is 0. The molecule has 0 amide bonds. The van der Waals surface area contributed by atoms with E-state index in [1.165, 1.54) is 12.1 Å². The number of rotatable bonds is 5. The van der Waals surface area contributed by atoms with Gasteiger partial charge in [0.25, 0.3) is 0 Å². The van der Waals surface area contributed by atoms with Crippen molar-refractivity contribution in [2.45, 2.75) is 26.3 Å². The van der Waals surface area contributed by atoms with Crippen molar-refractivity contribution < 1.29 is 8.78 Å². The van der Waals surface area contributed by atoms with Gasteiger partial charge in [0.15, 0.2) is 11.6 Å². The minimum Gasteiger partial charge on any atom is -0.306 e. The lowest BCUT2D eigenvalue weighted by Gasteiger charge is -2.22. The Bertz CT molecular complexity index is 628. The zero-order valence-electron chi connectivity index (χ0n) is 12.1. The van der Waals surface area contributed by atoms with E-state index in [0.717, 1.165) is 28.6 Å². The molecule has 0 radical (unpaired) electrons. The van der Waals surface area contributed by atoms with Gasteiger partial charge in [-0.05, 0) is 48.7 Å². The first-order valence-electron chi connectivity index (χ1n) is 6.98. The highest BCUT2D eigenvalue weighted by atomic mass is 79.9. The van der Waals surface area contributed by atoms with Crippen molar-refractivity contribution in [3.63, 3.8) is 0 Å². The van der Waals surface area contributed by atoms with Crippen LogP contribution in [0, 0.1) is 18.6 Å². The van der Waals surface area contributed by atoms with E-state index in [-0.39, 0.29) is 6.04 Å². The second kappa shape index (κ2) is 7.14. The molecule has 1 atom stereocenters. The SMILES string of the molecule is CCCNC(c1ccc(F)c(F)c1)c1cccc(C)c1Br. The standard InChI is InChI=1S/C17H18BrF2N/c1-3-9-21-17(12-7-8-14(19)15(20)10-12)13-6-4-5-11(2)16(13)18/h4-8,10,17,21H,3,9H2,1-2H3. The van der Waals surface area contributed by atoms with Gasteiger partial charge in [-0.1, -0.05) is 47.1 Å². The number of hydrogen-bond acceptors (Lipinski definition) is 1. The van der Waals surface area contributed by atoms with Gasteiger partial charge >= 0.3 is 0 Å². The van der Waals surface area contributed by atoms with Crippen LogP contribution >= 0.6 is 15.9 Å². The maximum absolute atomic E-state index is 13.5. The Morgan fingerprint density at radius 3 is 2.57 bits per heavy atom. The zero-order valence-corrected chi connectivity index (χ0v) is 13.7. The van der Waals surface area contributed by atoms with Gasteiger partial charge in [0.2, 0.25) is 0 Å². The van der Waals surface area contributed by atoms with E-state index in [4.69, 9.17) is 0 Å². The van der Waals surface area contributed by atoms with E-state index in [1.54, 1.807) is 6.07 Å². The van der Waals surface area contributed by atoms with Crippen molar-refractivity contribution in [3.05, 3.63) is 69.2 Å². The summed E-state index contributed by atoms with van der Waals surface area (Å²) < 4.78 is 27.7. The Morgan fingerprint density at radius 1 is 1.14 bits per heavy atom. The molecule has 112 valence electrons. The zero-order chi connectivity index (χ0) is 15.4. The monoisotopic (exact) mass is 353 g/mol. The molecule has 2 aromatic carbocycles. The molecule has 1 N–H and O–H groups in total. The molecule has 0 saturated heterocycles. The summed E-state index contributed by atoms with van der Waals surface area (Å²) in [4.78, 5) is 0. The molecule has 0 heterocycles. The quantitative estimate of drug-likeness (QED) is 0.785. The molecule has 0 spiro atoms. The Morgan fingerprint density at radius 2 is 1.90 bits per heavy atom. The van der Waals surface area contributed by atoms with Crippen molar-refractivity contribution in [3.8, 4) is 0 Å². The van der Waals surface area contributed by atoms with Gasteiger partial charge in [0.05, 0.1) is 6.04 Å². The first kappa shape index (κ1) is 16.1. The molecule has 0 saturated carbocycles. The molecule has 4 heteroatoms. The average molecular weight is 354 g/mol. The third-order valence-electron chi connectivity index (χ3n) is 3.41. The van der Waals surface area contributed by atoms with Crippen LogP contribution in [0.4, 0.5) is 8.78 Å². The largest absolute Gasteiger partial charge is 0.306 e. The van der Waals surface area contributed by atoms with E-state index in [9.17, 15) is 8.78 Å². The normalized spacial score (nSPS) is 12.4. The molecule has 0 aliphatic carbocycles. The van der Waals surface area contributed by atoms with Crippen LogP contribution in [0.15, 0.2) is 40.9 Å². The first-order valence-corrected chi connectivity index (χ1v) is 7.77. The minimum atomic E-state index is -0.823. The topological polar surface area (TPSA) is 12.0 Å². The third kappa shape index (κ3) is 3.69. The van der Waals surface area contributed by atoms with Gasteiger partial charge in [0, 0.05) is 4.47 Å². The Kier molecular flexibility index (Phi) is 5.48. The van der Waals surface area contributed by atoms with Gasteiger partial charge in [-0.3, -0.25) is 0 Å². The predicted molar refractivity (Wildman–Crippen MR) is 85.4 cm³/mol. The summed E-state index contributed by atoms with van der Waals surface area (Å²) in [5, 5.41) is 3.40. The highest BCUT2D eigenvalue weighted by Gasteiger charge is 2.18. The highest BCUT2D eigenvalue weighted by molar-refractivity contribution is 9.10. The fraction of sp³-hybridized carbons (Fsp3) is 0.294. The van der Waals surface area contributed by atoms with Gasteiger partial charge in [-0.2, -0.15) is 0 Å². The summed E-state index contributed by atoms with van der Waals surface area (Å²) in [6, 6.07) is 9.86. The maximum Gasteiger partial charge on any atom is 0.159 e. The van der Waals surface area contributed by atoms with E-state index in [1.807, 2.05) is 25.1 Å². The van der Waals surface area contributed by atoms with Gasteiger partial charge in [-0.15, -0.1) is 0 Å². The lowest BCUT2D eigenvalue weighted by Crippen LogP contribution is -2.24. The van der Waals surface area contributed by atoms with Crippen LogP contribution in [-0.4, -0.2) is 6.54 Å². The summed E-state index contributed by atoms with van der Waals surface area (Å²) in [5.41, 5.74) is 2.85. The van der Waals surface area contributed by atoms with Crippen molar-refractivity contribution in [2.75, 3.05) is 6.54 Å². The van der Waals surface area contributed by atoms with Gasteiger partial charge < -0.3 is 5.32 Å². The fourth-order valence-corrected chi connectivity index (χ4v) is 2.77. The molecule has 0 aliphatic rings. The molecule has 2 rings (SSSR count). The van der Waals surface area contributed by atoms with Crippen molar-refractivity contribution in [2.24, 2.45) is 0 Å². The van der Waals surface area contributed by atoms with E-state index >= 15 is 0 Å². The third-order valence-corrected chi connectivity index (χ3v) is 4.49. The summed E-state index contributed by atoms with van der Waals surface area (Å²) in [5.74, 6) is -1.64. The van der Waals surface area contributed by atoms with Crippen LogP contribution in [0.1, 0.15) is 36.1 Å². The number of aryl methyl sites for hydroxylation is 1. The van der Waals surface area contributed by atoms with Crippen LogP contribution < -0.4 is 5.32 Å². The molecule has 0 aliphatic heterocycles. The molecule has 1 nitrogen and oxygen atoms in total. The highest BCUT2D eigenvalue weighted by Crippen LogP contribution is 2.31. The Hall–Kier alpha value is -1.26. The van der Waals surface area contributed by atoms with Gasteiger partial charge in [0.1, 0.15) is 0 Å². The van der Waals surface area contributed by atoms with Crippen molar-refractivity contribution in [1.29, 1.82) is 0 Å². The first-order chi connectivity index (χ1) is 10.0. The maximum atomic E-state index is 13.5. The lowest BCUT2D eigenvalue weighted by molar-refractivity contribution is 0.503. The second-order valence-electron chi connectivity index (χ2n) is 5.04. The lowest BCUT2D eigenvalue weighted by atomic mass is 9.97. The molecule has 1 unspecified atom stereocenters. The van der Waals surface area contributed by atoms with Crippen LogP contribution in [0.2, 0.25) is 0 Å². The predicted octanol–water partition coefficient (Wildman–Crippen LogP) is 5.12.